The molecule has 0 amide bonds. The minimum atomic E-state index is -1.17. The molecular weight excluding hydrogens is 204 g/mol. The van der Waals surface area contributed by atoms with Crippen LogP contribution in [-0.2, 0) is 0 Å². The van der Waals surface area contributed by atoms with E-state index < -0.39 is 5.97 Å². The highest BCUT2D eigenvalue weighted by molar-refractivity contribution is 5.86. The Hall–Kier alpha value is -2.31. The maximum Gasteiger partial charge on any atom is 0.358 e. The monoisotopic (exact) mass is 210 g/mol. The van der Waals surface area contributed by atoms with Crippen molar-refractivity contribution in [2.45, 2.75) is 0 Å². The van der Waals surface area contributed by atoms with E-state index >= 15 is 0 Å². The number of carbonyl (C=O) groups is 1. The van der Waals surface area contributed by atoms with Gasteiger partial charge in [-0.1, -0.05) is 5.16 Å². The Labute approximate surface area is 83.2 Å². The summed E-state index contributed by atoms with van der Waals surface area (Å²) in [5, 5.41) is 15.5. The fourth-order valence-electron chi connectivity index (χ4n) is 0.963. The molecule has 7 nitrogen and oxygen atoms in total. The van der Waals surface area contributed by atoms with Gasteiger partial charge in [0.15, 0.2) is 5.69 Å². The largest absolute Gasteiger partial charge is 0.479 e. The number of aromatic carboxylic acids is 1. The number of rotatable bonds is 3. The molecule has 15 heavy (non-hydrogen) atoms. The van der Waals surface area contributed by atoms with Gasteiger partial charge < -0.3 is 18.9 Å². The molecule has 2 heterocycles. The lowest BCUT2D eigenvalue weighted by molar-refractivity contribution is 0.0686. The molecule has 0 atom stereocenters. The molecule has 0 aliphatic heterocycles. The van der Waals surface area contributed by atoms with Gasteiger partial charge in [-0.2, -0.15) is 0 Å². The maximum atomic E-state index is 10.5. The van der Waals surface area contributed by atoms with Gasteiger partial charge in [0.25, 0.3) is 5.88 Å². The van der Waals surface area contributed by atoms with Crippen LogP contribution in [0.2, 0.25) is 0 Å². The molecule has 7 heteroatoms. The summed E-state index contributed by atoms with van der Waals surface area (Å²) < 4.78 is 14.4. The zero-order chi connectivity index (χ0) is 10.8. The molecule has 0 unspecified atom stereocenters. The minimum Gasteiger partial charge on any atom is -0.479 e. The standard InChI is InChI=1S/C8H6N2O5/c1-13-7-3-6(15-10-7)5-2-4(8(11)12)9-14-5/h2-3H,1H3,(H,11,12). The second-order valence-electron chi connectivity index (χ2n) is 2.62. The van der Waals surface area contributed by atoms with Gasteiger partial charge in [-0.15, -0.1) is 0 Å². The van der Waals surface area contributed by atoms with Crippen molar-refractivity contribution in [1.29, 1.82) is 0 Å². The average Bonchev–Trinajstić information content (AvgIpc) is 2.86. The molecule has 0 spiro atoms. The third kappa shape index (κ3) is 1.66. The molecule has 2 aromatic heterocycles. The summed E-state index contributed by atoms with van der Waals surface area (Å²) in [6.07, 6.45) is 0. The highest BCUT2D eigenvalue weighted by atomic mass is 16.5. The first-order chi connectivity index (χ1) is 7.20. The SMILES string of the molecule is COc1cc(-c2cc(C(=O)O)no2)on1. The summed E-state index contributed by atoms with van der Waals surface area (Å²) in [5.74, 6) is -0.454. The van der Waals surface area contributed by atoms with E-state index in [1.165, 1.54) is 19.2 Å². The van der Waals surface area contributed by atoms with Gasteiger partial charge in [-0.05, 0) is 5.16 Å². The van der Waals surface area contributed by atoms with E-state index in [0.717, 1.165) is 0 Å². The molecule has 0 aromatic carbocycles. The predicted molar refractivity (Wildman–Crippen MR) is 45.5 cm³/mol. The lowest BCUT2D eigenvalue weighted by Gasteiger charge is -1.83. The second kappa shape index (κ2) is 3.45. The molecule has 0 fully saturated rings. The summed E-state index contributed by atoms with van der Waals surface area (Å²) in [6.45, 7) is 0. The van der Waals surface area contributed by atoms with Crippen LogP contribution in [0, 0.1) is 0 Å². The summed E-state index contributed by atoms with van der Waals surface area (Å²) in [7, 11) is 1.44. The van der Waals surface area contributed by atoms with Crippen LogP contribution in [0.4, 0.5) is 0 Å². The highest BCUT2D eigenvalue weighted by Crippen LogP contribution is 2.23. The summed E-state index contributed by atoms with van der Waals surface area (Å²) in [5.41, 5.74) is -0.194. The number of methoxy groups -OCH3 is 1. The Bertz CT molecular complexity index is 487. The lowest BCUT2D eigenvalue weighted by Crippen LogP contribution is -1.94. The molecule has 0 aliphatic carbocycles. The fourth-order valence-corrected chi connectivity index (χ4v) is 0.963. The first-order valence-electron chi connectivity index (χ1n) is 3.92. The van der Waals surface area contributed by atoms with Gasteiger partial charge in [0.2, 0.25) is 11.5 Å². The number of carboxylic acids is 1. The smallest absolute Gasteiger partial charge is 0.358 e. The van der Waals surface area contributed by atoms with Crippen molar-refractivity contribution in [1.82, 2.24) is 10.3 Å². The van der Waals surface area contributed by atoms with E-state index in [2.05, 4.69) is 10.3 Å². The van der Waals surface area contributed by atoms with Crippen molar-refractivity contribution in [2.24, 2.45) is 0 Å². The van der Waals surface area contributed by atoms with Gasteiger partial charge in [0.05, 0.1) is 13.2 Å². The quantitative estimate of drug-likeness (QED) is 0.807. The van der Waals surface area contributed by atoms with Gasteiger partial charge in [-0.3, -0.25) is 0 Å². The first-order valence-corrected chi connectivity index (χ1v) is 3.92. The van der Waals surface area contributed by atoms with E-state index in [1.54, 1.807) is 0 Å². The number of ether oxygens (including phenoxy) is 1. The molecule has 0 radical (unpaired) electrons. The second-order valence-corrected chi connectivity index (χ2v) is 2.62. The van der Waals surface area contributed by atoms with Crippen LogP contribution < -0.4 is 4.74 Å². The number of carboxylic acid groups (broad SMARTS) is 1. The van der Waals surface area contributed by atoms with Crippen molar-refractivity contribution < 1.29 is 23.7 Å². The Balaban J connectivity index is 2.32. The number of nitrogens with zero attached hydrogens (tertiary/aromatic N) is 2. The van der Waals surface area contributed by atoms with Crippen LogP contribution in [0.15, 0.2) is 21.2 Å². The Morgan fingerprint density at radius 2 is 2.00 bits per heavy atom. The Morgan fingerprint density at radius 3 is 2.53 bits per heavy atom. The van der Waals surface area contributed by atoms with Crippen molar-refractivity contribution in [3.63, 3.8) is 0 Å². The molecule has 0 saturated carbocycles. The summed E-state index contributed by atoms with van der Waals surface area (Å²) >= 11 is 0. The van der Waals surface area contributed by atoms with E-state index in [-0.39, 0.29) is 23.1 Å². The van der Waals surface area contributed by atoms with Crippen molar-refractivity contribution >= 4 is 5.97 Å². The average molecular weight is 210 g/mol. The highest BCUT2D eigenvalue weighted by Gasteiger charge is 2.16. The van der Waals surface area contributed by atoms with Crippen LogP contribution >= 0.6 is 0 Å². The fraction of sp³-hybridized carbons (Fsp3) is 0.125. The lowest BCUT2D eigenvalue weighted by atomic mass is 10.3. The summed E-state index contributed by atoms with van der Waals surface area (Å²) in [4.78, 5) is 10.5. The molecule has 78 valence electrons. The van der Waals surface area contributed by atoms with Crippen molar-refractivity contribution in [2.75, 3.05) is 7.11 Å². The van der Waals surface area contributed by atoms with Crippen LogP contribution in [0.1, 0.15) is 10.5 Å². The zero-order valence-corrected chi connectivity index (χ0v) is 7.63. The van der Waals surface area contributed by atoms with Crippen LogP contribution in [-0.4, -0.2) is 28.5 Å². The third-order valence-electron chi connectivity index (χ3n) is 1.67. The van der Waals surface area contributed by atoms with E-state index in [9.17, 15) is 4.79 Å². The van der Waals surface area contributed by atoms with E-state index in [0.29, 0.717) is 0 Å². The molecule has 2 rings (SSSR count). The third-order valence-corrected chi connectivity index (χ3v) is 1.67. The van der Waals surface area contributed by atoms with Crippen LogP contribution in [0.3, 0.4) is 0 Å². The van der Waals surface area contributed by atoms with Gasteiger partial charge in [-0.25, -0.2) is 4.79 Å². The number of aromatic nitrogens is 2. The number of hydrogen-bond donors (Lipinski definition) is 1. The Morgan fingerprint density at radius 1 is 1.33 bits per heavy atom. The minimum absolute atomic E-state index is 0.184. The molecule has 1 N–H and O–H groups in total. The number of hydrogen-bond acceptors (Lipinski definition) is 6. The zero-order valence-electron chi connectivity index (χ0n) is 7.63. The van der Waals surface area contributed by atoms with Crippen molar-refractivity contribution in [3.8, 4) is 17.4 Å². The van der Waals surface area contributed by atoms with E-state index in [1.807, 2.05) is 0 Å². The van der Waals surface area contributed by atoms with E-state index in [4.69, 9.17) is 18.9 Å². The molecule has 2 aromatic rings. The van der Waals surface area contributed by atoms with Crippen LogP contribution in [0.5, 0.6) is 5.88 Å². The van der Waals surface area contributed by atoms with Crippen molar-refractivity contribution in [3.05, 3.63) is 17.8 Å². The van der Waals surface area contributed by atoms with Gasteiger partial charge in [0, 0.05) is 6.07 Å². The molecular formula is C8H6N2O5. The normalized spacial score (nSPS) is 10.2. The predicted octanol–water partition coefficient (Wildman–Crippen LogP) is 1.04. The molecule has 0 saturated heterocycles. The van der Waals surface area contributed by atoms with Gasteiger partial charge in [0.1, 0.15) is 0 Å². The Kier molecular flexibility index (Phi) is 2.13. The molecule has 0 bridgehead atoms. The molecule has 0 aliphatic rings. The van der Waals surface area contributed by atoms with Gasteiger partial charge >= 0.3 is 5.97 Å². The maximum absolute atomic E-state index is 10.5. The topological polar surface area (TPSA) is 98.6 Å². The van der Waals surface area contributed by atoms with Crippen LogP contribution in [0.25, 0.3) is 11.5 Å². The first kappa shape index (κ1) is 9.25. The summed E-state index contributed by atoms with van der Waals surface area (Å²) in [6, 6.07) is 2.70.